The Kier molecular flexibility index (Phi) is 2.70. The van der Waals surface area contributed by atoms with Crippen LogP contribution >= 0.6 is 11.3 Å². The van der Waals surface area contributed by atoms with Crippen LogP contribution in [0.4, 0.5) is 11.4 Å². The summed E-state index contributed by atoms with van der Waals surface area (Å²) in [5, 5.41) is 3.62. The molecule has 1 aromatic heterocycles. The highest BCUT2D eigenvalue weighted by Gasteiger charge is 2.34. The van der Waals surface area contributed by atoms with E-state index in [9.17, 15) is 0 Å². The van der Waals surface area contributed by atoms with Gasteiger partial charge in [0.05, 0.1) is 21.6 Å². The summed E-state index contributed by atoms with van der Waals surface area (Å²) in [6, 6.07) is 4.70. The first-order valence-corrected chi connectivity index (χ1v) is 7.34. The van der Waals surface area contributed by atoms with Gasteiger partial charge in [0.2, 0.25) is 0 Å². The molecule has 0 aliphatic heterocycles. The SMILES string of the molecule is CC1(C)CCCC1Nc1ccc2scnc2c1N. The number of nitrogen functional groups attached to an aromatic ring is 1. The molecule has 96 valence electrons. The molecule has 1 aromatic carbocycles. The van der Waals surface area contributed by atoms with E-state index in [0.717, 1.165) is 21.6 Å². The zero-order chi connectivity index (χ0) is 12.8. The van der Waals surface area contributed by atoms with Crippen molar-refractivity contribution in [1.82, 2.24) is 4.98 Å². The van der Waals surface area contributed by atoms with Gasteiger partial charge in [-0.2, -0.15) is 0 Å². The molecule has 0 radical (unpaired) electrons. The Morgan fingerprint density at radius 1 is 1.44 bits per heavy atom. The predicted octanol–water partition coefficient (Wildman–Crippen LogP) is 3.87. The molecule has 2 aromatic rings. The van der Waals surface area contributed by atoms with Gasteiger partial charge in [0.15, 0.2) is 0 Å². The number of nitrogens with one attached hydrogen (secondary N) is 1. The van der Waals surface area contributed by atoms with Crippen LogP contribution in [0.15, 0.2) is 17.6 Å². The van der Waals surface area contributed by atoms with E-state index in [0.29, 0.717) is 11.5 Å². The molecule has 1 aliphatic carbocycles. The average molecular weight is 261 g/mol. The van der Waals surface area contributed by atoms with Gasteiger partial charge in [0, 0.05) is 6.04 Å². The summed E-state index contributed by atoms with van der Waals surface area (Å²) < 4.78 is 1.16. The Bertz CT molecular complexity index is 573. The number of hydrogen-bond acceptors (Lipinski definition) is 4. The molecule has 1 aliphatic rings. The molecule has 0 spiro atoms. The Morgan fingerprint density at radius 3 is 3.00 bits per heavy atom. The molecule has 3 N–H and O–H groups in total. The first kappa shape index (κ1) is 11.8. The third kappa shape index (κ3) is 1.85. The fraction of sp³-hybridized carbons (Fsp3) is 0.500. The maximum atomic E-state index is 6.21. The second-order valence-electron chi connectivity index (χ2n) is 5.80. The second-order valence-corrected chi connectivity index (χ2v) is 6.69. The van der Waals surface area contributed by atoms with Crippen LogP contribution in [0.25, 0.3) is 10.2 Å². The quantitative estimate of drug-likeness (QED) is 0.807. The van der Waals surface area contributed by atoms with Crippen LogP contribution in [0.3, 0.4) is 0 Å². The van der Waals surface area contributed by atoms with Crippen molar-refractivity contribution in [2.75, 3.05) is 11.1 Å². The first-order chi connectivity index (χ1) is 8.58. The highest BCUT2D eigenvalue weighted by Crippen LogP contribution is 2.40. The zero-order valence-electron chi connectivity index (χ0n) is 10.9. The molecule has 1 fully saturated rings. The third-order valence-electron chi connectivity index (χ3n) is 4.13. The molecular weight excluding hydrogens is 242 g/mol. The van der Waals surface area contributed by atoms with Crippen molar-refractivity contribution < 1.29 is 0 Å². The van der Waals surface area contributed by atoms with Gasteiger partial charge in [0.25, 0.3) is 0 Å². The first-order valence-electron chi connectivity index (χ1n) is 6.46. The minimum Gasteiger partial charge on any atom is -0.395 e. The Labute approximate surface area is 111 Å². The van der Waals surface area contributed by atoms with Crippen LogP contribution in [0, 0.1) is 5.41 Å². The number of nitrogens with zero attached hydrogens (tertiary/aromatic N) is 1. The van der Waals surface area contributed by atoms with E-state index < -0.39 is 0 Å². The fourth-order valence-electron chi connectivity index (χ4n) is 2.86. The van der Waals surface area contributed by atoms with Gasteiger partial charge in [-0.1, -0.05) is 20.3 Å². The summed E-state index contributed by atoms with van der Waals surface area (Å²) in [6.07, 6.45) is 3.80. The lowest BCUT2D eigenvalue weighted by molar-refractivity contribution is 0.350. The van der Waals surface area contributed by atoms with E-state index in [1.54, 1.807) is 11.3 Å². The number of rotatable bonds is 2. The van der Waals surface area contributed by atoms with E-state index >= 15 is 0 Å². The summed E-state index contributed by atoms with van der Waals surface area (Å²) in [5.74, 6) is 0. The van der Waals surface area contributed by atoms with Crippen LogP contribution in [0.5, 0.6) is 0 Å². The standard InChI is InChI=1S/C14H19N3S/c1-14(2)7-3-4-11(14)17-9-5-6-10-13(12(9)15)16-8-18-10/h5-6,8,11,17H,3-4,7,15H2,1-2H3. The summed E-state index contributed by atoms with van der Waals surface area (Å²) in [7, 11) is 0. The highest BCUT2D eigenvalue weighted by atomic mass is 32.1. The third-order valence-corrected chi connectivity index (χ3v) is 4.92. The van der Waals surface area contributed by atoms with E-state index in [1.165, 1.54) is 19.3 Å². The Balaban J connectivity index is 1.93. The van der Waals surface area contributed by atoms with Gasteiger partial charge >= 0.3 is 0 Å². The van der Waals surface area contributed by atoms with Crippen LogP contribution in [-0.4, -0.2) is 11.0 Å². The number of thiazole rings is 1. The number of hydrogen-bond donors (Lipinski definition) is 2. The van der Waals surface area contributed by atoms with Gasteiger partial charge in [0.1, 0.15) is 5.52 Å². The molecule has 3 nitrogen and oxygen atoms in total. The minimum absolute atomic E-state index is 0.351. The van der Waals surface area contributed by atoms with E-state index in [1.807, 2.05) is 5.51 Å². The molecule has 0 amide bonds. The molecule has 1 saturated carbocycles. The van der Waals surface area contributed by atoms with Crippen molar-refractivity contribution in [2.24, 2.45) is 5.41 Å². The van der Waals surface area contributed by atoms with Crippen molar-refractivity contribution in [2.45, 2.75) is 39.2 Å². The van der Waals surface area contributed by atoms with Crippen molar-refractivity contribution in [1.29, 1.82) is 0 Å². The van der Waals surface area contributed by atoms with Crippen molar-refractivity contribution in [3.63, 3.8) is 0 Å². The van der Waals surface area contributed by atoms with Crippen LogP contribution in [-0.2, 0) is 0 Å². The summed E-state index contributed by atoms with van der Waals surface area (Å²) >= 11 is 1.63. The van der Waals surface area contributed by atoms with Crippen LogP contribution < -0.4 is 11.1 Å². The molecule has 1 atom stereocenters. The number of aromatic nitrogens is 1. The highest BCUT2D eigenvalue weighted by molar-refractivity contribution is 7.16. The largest absolute Gasteiger partial charge is 0.395 e. The summed E-state index contributed by atoms with van der Waals surface area (Å²) in [5.41, 5.74) is 11.2. The number of fused-ring (bicyclic) bond motifs is 1. The summed E-state index contributed by atoms with van der Waals surface area (Å²) in [6.45, 7) is 4.66. The van der Waals surface area contributed by atoms with Gasteiger partial charge in [-0.3, -0.25) is 0 Å². The fourth-order valence-corrected chi connectivity index (χ4v) is 3.55. The van der Waals surface area contributed by atoms with E-state index in [-0.39, 0.29) is 0 Å². The molecule has 3 rings (SSSR count). The monoisotopic (exact) mass is 261 g/mol. The lowest BCUT2D eigenvalue weighted by Gasteiger charge is -2.29. The van der Waals surface area contributed by atoms with Gasteiger partial charge in [-0.15, -0.1) is 11.3 Å². The maximum Gasteiger partial charge on any atom is 0.106 e. The smallest absolute Gasteiger partial charge is 0.106 e. The molecule has 4 heteroatoms. The normalized spacial score (nSPS) is 22.4. The van der Waals surface area contributed by atoms with E-state index in [2.05, 4.69) is 36.3 Å². The van der Waals surface area contributed by atoms with Crippen LogP contribution in [0.2, 0.25) is 0 Å². The molecular formula is C14H19N3S. The average Bonchev–Trinajstić information content (AvgIpc) is 2.90. The van der Waals surface area contributed by atoms with Gasteiger partial charge in [-0.05, 0) is 30.4 Å². The Hall–Kier alpha value is -1.29. The van der Waals surface area contributed by atoms with Gasteiger partial charge < -0.3 is 11.1 Å². The van der Waals surface area contributed by atoms with Crippen molar-refractivity contribution >= 4 is 32.9 Å². The summed E-state index contributed by atoms with van der Waals surface area (Å²) in [4.78, 5) is 4.34. The van der Waals surface area contributed by atoms with Gasteiger partial charge in [-0.25, -0.2) is 4.98 Å². The lowest BCUT2D eigenvalue weighted by atomic mass is 9.87. The molecule has 0 saturated heterocycles. The predicted molar refractivity (Wildman–Crippen MR) is 79.1 cm³/mol. The molecule has 0 bridgehead atoms. The van der Waals surface area contributed by atoms with Crippen molar-refractivity contribution in [3.8, 4) is 0 Å². The Morgan fingerprint density at radius 2 is 2.28 bits per heavy atom. The van der Waals surface area contributed by atoms with Crippen LogP contribution in [0.1, 0.15) is 33.1 Å². The number of anilines is 2. The lowest BCUT2D eigenvalue weighted by Crippen LogP contribution is -2.31. The maximum absolute atomic E-state index is 6.21. The second kappa shape index (κ2) is 4.12. The number of benzene rings is 1. The number of nitrogens with two attached hydrogens (primary N) is 1. The topological polar surface area (TPSA) is 50.9 Å². The minimum atomic E-state index is 0.351. The molecule has 1 unspecified atom stereocenters. The zero-order valence-corrected chi connectivity index (χ0v) is 11.7. The molecule has 1 heterocycles. The van der Waals surface area contributed by atoms with E-state index in [4.69, 9.17) is 5.73 Å². The molecule has 18 heavy (non-hydrogen) atoms. The van der Waals surface area contributed by atoms with Crippen molar-refractivity contribution in [3.05, 3.63) is 17.6 Å².